The first-order valence-corrected chi connectivity index (χ1v) is 9.39. The molecule has 0 radical (unpaired) electrons. The Balaban J connectivity index is 1.38. The molecule has 0 N–H and O–H groups in total. The first kappa shape index (κ1) is 17.2. The molecule has 1 atom stereocenters. The maximum atomic E-state index is 12.8. The van der Waals surface area contributed by atoms with Crippen LogP contribution in [0.25, 0.3) is 0 Å². The zero-order valence-corrected chi connectivity index (χ0v) is 15.2. The molecule has 1 saturated heterocycles. The van der Waals surface area contributed by atoms with Crippen molar-refractivity contribution in [1.82, 2.24) is 9.88 Å². The highest BCUT2D eigenvalue weighted by molar-refractivity contribution is 6.34. The molecule has 5 nitrogen and oxygen atoms in total. The van der Waals surface area contributed by atoms with Gasteiger partial charge in [0.15, 0.2) is 0 Å². The normalized spacial score (nSPS) is 19.9. The minimum atomic E-state index is -0.0639. The summed E-state index contributed by atoms with van der Waals surface area (Å²) in [4.78, 5) is 18.6. The highest BCUT2D eigenvalue weighted by Crippen LogP contribution is 2.29. The average molecular weight is 373 g/mol. The molecule has 0 spiro atoms. The molecule has 2 heterocycles. The Morgan fingerprint density at radius 1 is 1.04 bits per heavy atom. The van der Waals surface area contributed by atoms with Gasteiger partial charge in [-0.3, -0.25) is 9.78 Å². The van der Waals surface area contributed by atoms with Gasteiger partial charge in [0, 0.05) is 25.4 Å². The molecule has 0 bridgehead atoms. The molecule has 4 rings (SSSR count). The Labute approximate surface area is 157 Å². The Bertz CT molecular complexity index is 780. The van der Waals surface area contributed by atoms with Gasteiger partial charge in [-0.2, -0.15) is 0 Å². The summed E-state index contributed by atoms with van der Waals surface area (Å²) in [7, 11) is 0. The van der Waals surface area contributed by atoms with E-state index in [9.17, 15) is 4.79 Å². The summed E-state index contributed by atoms with van der Waals surface area (Å²) in [6, 6.07) is 8.98. The molecular weight excluding hydrogens is 352 g/mol. The second-order valence-electron chi connectivity index (χ2n) is 6.78. The average Bonchev–Trinajstić information content (AvgIpc) is 3.07. The zero-order valence-electron chi connectivity index (χ0n) is 14.4. The molecule has 1 aromatic carbocycles. The number of halogens is 1. The third kappa shape index (κ3) is 3.78. The van der Waals surface area contributed by atoms with Gasteiger partial charge in [0.05, 0.1) is 23.2 Å². The smallest absolute Gasteiger partial charge is 0.255 e. The van der Waals surface area contributed by atoms with Crippen LogP contribution in [0.3, 0.4) is 0 Å². The summed E-state index contributed by atoms with van der Waals surface area (Å²) in [5.74, 6) is 1.44. The minimum Gasteiger partial charge on any atom is -0.490 e. The maximum Gasteiger partial charge on any atom is 0.255 e. The lowest BCUT2D eigenvalue weighted by Gasteiger charge is -2.26. The van der Waals surface area contributed by atoms with E-state index in [-0.39, 0.29) is 18.1 Å². The van der Waals surface area contributed by atoms with Crippen LogP contribution in [0.15, 0.2) is 42.7 Å². The van der Waals surface area contributed by atoms with Crippen LogP contribution in [0.2, 0.25) is 5.02 Å². The van der Waals surface area contributed by atoms with Gasteiger partial charge in [-0.05, 0) is 49.6 Å². The lowest BCUT2D eigenvalue weighted by atomic mass is 9.96. The summed E-state index contributed by atoms with van der Waals surface area (Å²) in [5.41, 5.74) is 0.511. The number of pyridine rings is 1. The van der Waals surface area contributed by atoms with Crippen molar-refractivity contribution in [2.24, 2.45) is 0 Å². The molecular formula is C20H21ClN2O3. The number of likely N-dealkylation sites (tertiary alicyclic amines) is 1. The highest BCUT2D eigenvalue weighted by Gasteiger charge is 2.29. The van der Waals surface area contributed by atoms with Crippen LogP contribution >= 0.6 is 11.6 Å². The lowest BCUT2D eigenvalue weighted by molar-refractivity contribution is 0.0772. The molecule has 1 saturated carbocycles. The van der Waals surface area contributed by atoms with Crippen LogP contribution in [0.5, 0.6) is 11.5 Å². The van der Waals surface area contributed by atoms with Crippen molar-refractivity contribution in [3.05, 3.63) is 53.3 Å². The third-order valence-electron chi connectivity index (χ3n) is 4.91. The van der Waals surface area contributed by atoms with Crippen molar-refractivity contribution in [2.75, 3.05) is 13.1 Å². The van der Waals surface area contributed by atoms with E-state index in [2.05, 4.69) is 4.98 Å². The predicted molar refractivity (Wildman–Crippen MR) is 98.9 cm³/mol. The standard InChI is InChI=1S/C20H21ClN2O3/c21-19-12-16(25-14-2-1-3-14)4-5-18(19)20(24)23-11-8-17(13-23)26-15-6-9-22-10-7-15/h4-7,9-10,12,14,17H,1-3,8,11,13H2. The van der Waals surface area contributed by atoms with Gasteiger partial charge in [0.1, 0.15) is 17.6 Å². The third-order valence-corrected chi connectivity index (χ3v) is 5.22. The van der Waals surface area contributed by atoms with Crippen molar-refractivity contribution >= 4 is 17.5 Å². The Morgan fingerprint density at radius 2 is 1.81 bits per heavy atom. The summed E-state index contributed by atoms with van der Waals surface area (Å²) in [5, 5.41) is 0.435. The van der Waals surface area contributed by atoms with E-state index in [0.717, 1.165) is 30.8 Å². The predicted octanol–water partition coefficient (Wildman–Crippen LogP) is 3.96. The van der Waals surface area contributed by atoms with Crippen LogP contribution in [-0.4, -0.2) is 41.1 Å². The summed E-state index contributed by atoms with van der Waals surface area (Å²) in [6.45, 7) is 1.21. The Hall–Kier alpha value is -2.27. The number of nitrogens with zero attached hydrogens (tertiary/aromatic N) is 2. The number of carbonyl (C=O) groups is 1. The molecule has 136 valence electrons. The monoisotopic (exact) mass is 372 g/mol. The fraction of sp³-hybridized carbons (Fsp3) is 0.400. The Morgan fingerprint density at radius 3 is 2.50 bits per heavy atom. The van der Waals surface area contributed by atoms with Gasteiger partial charge in [0.2, 0.25) is 0 Å². The largest absolute Gasteiger partial charge is 0.490 e. The van der Waals surface area contributed by atoms with Crippen LogP contribution < -0.4 is 9.47 Å². The van der Waals surface area contributed by atoms with Crippen molar-refractivity contribution < 1.29 is 14.3 Å². The second kappa shape index (κ2) is 7.54. The van der Waals surface area contributed by atoms with E-state index < -0.39 is 0 Å². The van der Waals surface area contributed by atoms with E-state index >= 15 is 0 Å². The van der Waals surface area contributed by atoms with Gasteiger partial charge in [-0.1, -0.05) is 11.6 Å². The van der Waals surface area contributed by atoms with Crippen molar-refractivity contribution in [3.63, 3.8) is 0 Å². The first-order chi connectivity index (χ1) is 12.7. The van der Waals surface area contributed by atoms with Gasteiger partial charge >= 0.3 is 0 Å². The van der Waals surface area contributed by atoms with Crippen LogP contribution in [-0.2, 0) is 0 Å². The van der Waals surface area contributed by atoms with Crippen LogP contribution in [0.4, 0.5) is 0 Å². The molecule has 1 unspecified atom stereocenters. The molecule has 2 aromatic rings. The molecule has 1 aliphatic heterocycles. The molecule has 6 heteroatoms. The van der Waals surface area contributed by atoms with E-state index in [1.54, 1.807) is 29.4 Å². The minimum absolute atomic E-state index is 0.0126. The molecule has 2 aliphatic rings. The quantitative estimate of drug-likeness (QED) is 0.797. The number of hydrogen-bond donors (Lipinski definition) is 0. The van der Waals surface area contributed by atoms with Crippen molar-refractivity contribution in [3.8, 4) is 11.5 Å². The molecule has 2 fully saturated rings. The highest BCUT2D eigenvalue weighted by atomic mass is 35.5. The fourth-order valence-corrected chi connectivity index (χ4v) is 3.46. The van der Waals surface area contributed by atoms with Gasteiger partial charge in [-0.15, -0.1) is 0 Å². The van der Waals surface area contributed by atoms with Gasteiger partial charge in [0.25, 0.3) is 5.91 Å². The summed E-state index contributed by atoms with van der Waals surface area (Å²) < 4.78 is 11.8. The number of aromatic nitrogens is 1. The van der Waals surface area contributed by atoms with Crippen molar-refractivity contribution in [2.45, 2.75) is 37.9 Å². The number of hydrogen-bond acceptors (Lipinski definition) is 4. The number of rotatable bonds is 5. The SMILES string of the molecule is O=C(c1ccc(OC2CCC2)cc1Cl)N1CCC(Oc2ccncc2)C1. The van der Waals surface area contributed by atoms with Gasteiger partial charge < -0.3 is 14.4 Å². The topological polar surface area (TPSA) is 51.7 Å². The Kier molecular flexibility index (Phi) is 4.98. The number of amides is 1. The number of ether oxygens (including phenoxy) is 2. The van der Waals surface area contributed by atoms with Crippen molar-refractivity contribution in [1.29, 1.82) is 0 Å². The number of carbonyl (C=O) groups excluding carboxylic acids is 1. The van der Waals surface area contributed by atoms with Crippen LogP contribution in [0.1, 0.15) is 36.0 Å². The zero-order chi connectivity index (χ0) is 17.9. The number of benzene rings is 1. The maximum absolute atomic E-state index is 12.8. The second-order valence-corrected chi connectivity index (χ2v) is 7.18. The molecule has 1 aliphatic carbocycles. The molecule has 1 amide bonds. The summed E-state index contributed by atoms with van der Waals surface area (Å²) >= 11 is 6.35. The van der Waals surface area contributed by atoms with Gasteiger partial charge in [-0.25, -0.2) is 0 Å². The van der Waals surface area contributed by atoms with E-state index in [0.29, 0.717) is 23.7 Å². The fourth-order valence-electron chi connectivity index (χ4n) is 3.21. The molecule has 1 aromatic heterocycles. The lowest BCUT2D eigenvalue weighted by Crippen LogP contribution is -2.31. The van der Waals surface area contributed by atoms with E-state index in [4.69, 9.17) is 21.1 Å². The van der Waals surface area contributed by atoms with Crippen LogP contribution in [0, 0.1) is 0 Å². The first-order valence-electron chi connectivity index (χ1n) is 9.01. The summed E-state index contributed by atoms with van der Waals surface area (Å²) in [6.07, 6.45) is 7.86. The van der Waals surface area contributed by atoms with E-state index in [1.807, 2.05) is 18.2 Å². The molecule has 26 heavy (non-hydrogen) atoms. The van der Waals surface area contributed by atoms with E-state index in [1.165, 1.54) is 6.42 Å².